The van der Waals surface area contributed by atoms with Gasteiger partial charge in [-0.05, 0) is 32.8 Å². The lowest BCUT2D eigenvalue weighted by molar-refractivity contribution is -0.146. The van der Waals surface area contributed by atoms with E-state index in [4.69, 9.17) is 4.74 Å². The van der Waals surface area contributed by atoms with Gasteiger partial charge in [-0.25, -0.2) is 4.79 Å². The van der Waals surface area contributed by atoms with E-state index in [1.807, 2.05) is 45.0 Å². The number of likely N-dealkylation sites (tertiary alicyclic amines) is 1. The molecule has 8 heteroatoms. The van der Waals surface area contributed by atoms with Crippen LogP contribution in [0.3, 0.4) is 0 Å². The molecule has 2 fully saturated rings. The van der Waals surface area contributed by atoms with Crippen molar-refractivity contribution >= 4 is 17.9 Å². The second-order valence-electron chi connectivity index (χ2n) is 8.32. The Balaban J connectivity index is 2.01. The average Bonchev–Trinajstić information content (AvgIpc) is 3.14. The van der Waals surface area contributed by atoms with E-state index in [-0.39, 0.29) is 24.4 Å². The molecule has 2 saturated heterocycles. The molecule has 164 valence electrons. The minimum absolute atomic E-state index is 0.0942. The molecule has 2 heterocycles. The normalized spacial score (nSPS) is 24.1. The van der Waals surface area contributed by atoms with Gasteiger partial charge in [0.2, 0.25) is 5.91 Å². The standard InChI is InChI=1S/C22H32N4O4/c1-14(2)24-22(29)26-18(20(27)25-11-9-23-10-12-25)13-17(21(28)30-4)19(26)16-7-5-15(3)6-8-16/h5-8,14,17-19,23H,9-13H2,1-4H3,(H,24,29). The van der Waals surface area contributed by atoms with Crippen LogP contribution in [0, 0.1) is 12.8 Å². The Kier molecular flexibility index (Phi) is 6.97. The van der Waals surface area contributed by atoms with Crippen molar-refractivity contribution < 1.29 is 19.1 Å². The molecule has 3 atom stereocenters. The fourth-order valence-corrected chi connectivity index (χ4v) is 4.31. The number of nitrogens with zero attached hydrogens (tertiary/aromatic N) is 2. The van der Waals surface area contributed by atoms with Crippen molar-refractivity contribution in [3.8, 4) is 0 Å². The van der Waals surface area contributed by atoms with Gasteiger partial charge in [-0.3, -0.25) is 9.59 Å². The molecule has 0 spiro atoms. The summed E-state index contributed by atoms with van der Waals surface area (Å²) in [6, 6.07) is 6.04. The number of esters is 1. The minimum atomic E-state index is -0.711. The molecule has 8 nitrogen and oxygen atoms in total. The van der Waals surface area contributed by atoms with Crippen molar-refractivity contribution in [2.24, 2.45) is 5.92 Å². The Morgan fingerprint density at radius 1 is 1.13 bits per heavy atom. The third-order valence-electron chi connectivity index (χ3n) is 5.78. The number of methoxy groups -OCH3 is 1. The van der Waals surface area contributed by atoms with E-state index in [1.165, 1.54) is 7.11 Å². The number of rotatable bonds is 4. The van der Waals surface area contributed by atoms with Gasteiger partial charge in [0.25, 0.3) is 0 Å². The molecule has 1 aromatic carbocycles. The molecule has 2 aliphatic rings. The third kappa shape index (κ3) is 4.59. The van der Waals surface area contributed by atoms with Gasteiger partial charge in [-0.1, -0.05) is 29.8 Å². The van der Waals surface area contributed by atoms with E-state index in [0.717, 1.165) is 24.2 Å². The topological polar surface area (TPSA) is 91.0 Å². The number of nitrogens with one attached hydrogen (secondary N) is 2. The van der Waals surface area contributed by atoms with Crippen LogP contribution in [0.4, 0.5) is 4.79 Å². The van der Waals surface area contributed by atoms with Gasteiger partial charge >= 0.3 is 12.0 Å². The number of hydrogen-bond acceptors (Lipinski definition) is 5. The van der Waals surface area contributed by atoms with Crippen LogP contribution >= 0.6 is 0 Å². The van der Waals surface area contributed by atoms with Crippen molar-refractivity contribution in [2.75, 3.05) is 33.3 Å². The largest absolute Gasteiger partial charge is 0.469 e. The Morgan fingerprint density at radius 3 is 2.33 bits per heavy atom. The minimum Gasteiger partial charge on any atom is -0.469 e. The van der Waals surface area contributed by atoms with Crippen LogP contribution in [-0.2, 0) is 14.3 Å². The summed E-state index contributed by atoms with van der Waals surface area (Å²) in [4.78, 5) is 42.7. The van der Waals surface area contributed by atoms with E-state index in [2.05, 4.69) is 10.6 Å². The fraction of sp³-hybridized carbons (Fsp3) is 0.591. The van der Waals surface area contributed by atoms with E-state index in [1.54, 1.807) is 9.80 Å². The van der Waals surface area contributed by atoms with Crippen LogP contribution in [0.1, 0.15) is 37.4 Å². The number of amides is 3. The molecule has 2 N–H and O–H groups in total. The highest BCUT2D eigenvalue weighted by Crippen LogP contribution is 2.42. The maximum Gasteiger partial charge on any atom is 0.318 e. The van der Waals surface area contributed by atoms with Crippen LogP contribution < -0.4 is 10.6 Å². The molecule has 0 saturated carbocycles. The maximum atomic E-state index is 13.4. The summed E-state index contributed by atoms with van der Waals surface area (Å²) in [6.07, 6.45) is 0.249. The first-order valence-electron chi connectivity index (χ1n) is 10.6. The number of urea groups is 1. The highest BCUT2D eigenvalue weighted by atomic mass is 16.5. The van der Waals surface area contributed by atoms with Crippen LogP contribution in [0.25, 0.3) is 0 Å². The van der Waals surface area contributed by atoms with Gasteiger partial charge in [0.05, 0.1) is 19.1 Å². The summed E-state index contributed by atoms with van der Waals surface area (Å²) < 4.78 is 5.06. The van der Waals surface area contributed by atoms with Gasteiger partial charge in [-0.15, -0.1) is 0 Å². The predicted molar refractivity (Wildman–Crippen MR) is 113 cm³/mol. The molecule has 0 bridgehead atoms. The van der Waals surface area contributed by atoms with Gasteiger partial charge in [0, 0.05) is 32.2 Å². The van der Waals surface area contributed by atoms with Gasteiger partial charge in [0.1, 0.15) is 6.04 Å². The van der Waals surface area contributed by atoms with Crippen molar-refractivity contribution in [3.05, 3.63) is 35.4 Å². The molecule has 3 amide bonds. The number of hydrogen-bond donors (Lipinski definition) is 2. The summed E-state index contributed by atoms with van der Waals surface area (Å²) in [5, 5.41) is 6.15. The highest BCUT2D eigenvalue weighted by Gasteiger charge is 2.52. The van der Waals surface area contributed by atoms with Crippen molar-refractivity contribution in [1.29, 1.82) is 0 Å². The van der Waals surface area contributed by atoms with E-state index in [9.17, 15) is 14.4 Å². The van der Waals surface area contributed by atoms with Gasteiger partial charge < -0.3 is 25.2 Å². The zero-order valence-corrected chi connectivity index (χ0v) is 18.2. The summed E-state index contributed by atoms with van der Waals surface area (Å²) in [7, 11) is 1.35. The number of carbonyl (C=O) groups excluding carboxylic acids is 3. The van der Waals surface area contributed by atoms with Gasteiger partial charge in [0.15, 0.2) is 0 Å². The molecule has 1 aromatic rings. The van der Waals surface area contributed by atoms with Crippen LogP contribution in [-0.4, -0.2) is 73.1 Å². The second kappa shape index (κ2) is 9.47. The summed E-state index contributed by atoms with van der Waals surface area (Å²) in [5.74, 6) is -1.12. The lowest BCUT2D eigenvalue weighted by atomic mass is 9.92. The molecule has 3 rings (SSSR count). The zero-order chi connectivity index (χ0) is 21.8. The first-order chi connectivity index (χ1) is 14.3. The second-order valence-corrected chi connectivity index (χ2v) is 8.32. The first kappa shape index (κ1) is 22.1. The van der Waals surface area contributed by atoms with Crippen molar-refractivity contribution in [3.63, 3.8) is 0 Å². The third-order valence-corrected chi connectivity index (χ3v) is 5.78. The number of piperazine rings is 1. The Bertz CT molecular complexity index is 774. The molecule has 0 aromatic heterocycles. The quantitative estimate of drug-likeness (QED) is 0.725. The SMILES string of the molecule is COC(=O)C1CC(C(=O)N2CCNCC2)N(C(=O)NC(C)C)C1c1ccc(C)cc1. The van der Waals surface area contributed by atoms with Crippen molar-refractivity contribution in [1.82, 2.24) is 20.4 Å². The monoisotopic (exact) mass is 416 g/mol. The van der Waals surface area contributed by atoms with E-state index >= 15 is 0 Å². The smallest absolute Gasteiger partial charge is 0.318 e. The lowest BCUT2D eigenvalue weighted by Gasteiger charge is -2.35. The lowest BCUT2D eigenvalue weighted by Crippen LogP contribution is -2.55. The summed E-state index contributed by atoms with van der Waals surface area (Å²) in [5.41, 5.74) is 1.91. The van der Waals surface area contributed by atoms with Gasteiger partial charge in [-0.2, -0.15) is 0 Å². The maximum absolute atomic E-state index is 13.4. The number of benzene rings is 1. The van der Waals surface area contributed by atoms with Crippen molar-refractivity contribution in [2.45, 2.75) is 45.3 Å². The zero-order valence-electron chi connectivity index (χ0n) is 18.2. The molecule has 0 radical (unpaired) electrons. The van der Waals surface area contributed by atoms with Crippen LogP contribution in [0.2, 0.25) is 0 Å². The molecule has 0 aliphatic carbocycles. The molecular formula is C22H32N4O4. The molecule has 30 heavy (non-hydrogen) atoms. The Hall–Kier alpha value is -2.61. The molecule has 3 unspecified atom stereocenters. The first-order valence-corrected chi connectivity index (χ1v) is 10.6. The van der Waals surface area contributed by atoms with E-state index in [0.29, 0.717) is 13.1 Å². The molecular weight excluding hydrogens is 384 g/mol. The summed E-state index contributed by atoms with van der Waals surface area (Å²) in [6.45, 7) is 8.35. The number of aryl methyl sites for hydroxylation is 1. The Morgan fingerprint density at radius 2 is 1.77 bits per heavy atom. The number of carbonyl (C=O) groups is 3. The molecule has 2 aliphatic heterocycles. The van der Waals surface area contributed by atoms with Crippen LogP contribution in [0.5, 0.6) is 0 Å². The Labute approximate surface area is 177 Å². The average molecular weight is 417 g/mol. The highest BCUT2D eigenvalue weighted by molar-refractivity contribution is 5.90. The number of ether oxygens (including phenoxy) is 1. The predicted octanol–water partition coefficient (Wildman–Crippen LogP) is 1.45. The van der Waals surface area contributed by atoms with E-state index < -0.39 is 24.0 Å². The van der Waals surface area contributed by atoms with Crippen LogP contribution in [0.15, 0.2) is 24.3 Å². The summed E-state index contributed by atoms with van der Waals surface area (Å²) >= 11 is 0. The fourth-order valence-electron chi connectivity index (χ4n) is 4.31.